The third kappa shape index (κ3) is 2.63. The Balaban J connectivity index is 1.84. The number of imidazole rings is 1. The molecule has 0 saturated carbocycles. The topological polar surface area (TPSA) is 29.9 Å². The zero-order valence-electron chi connectivity index (χ0n) is 9.77. The lowest BCUT2D eigenvalue weighted by Gasteiger charge is -2.06. The Hall–Kier alpha value is -1.77. The molecule has 1 heterocycles. The van der Waals surface area contributed by atoms with Crippen molar-refractivity contribution in [1.82, 2.24) is 9.55 Å². The molecule has 16 heavy (non-hydrogen) atoms. The summed E-state index contributed by atoms with van der Waals surface area (Å²) in [4.78, 5) is 4.28. The zero-order valence-corrected chi connectivity index (χ0v) is 9.77. The summed E-state index contributed by atoms with van der Waals surface area (Å²) in [5.74, 6) is 1.11. The molecule has 0 atom stereocenters. The van der Waals surface area contributed by atoms with E-state index in [9.17, 15) is 0 Å². The highest BCUT2D eigenvalue weighted by Crippen LogP contribution is 2.08. The number of rotatable bonds is 4. The lowest BCUT2D eigenvalue weighted by molar-refractivity contribution is 0.789. The quantitative estimate of drug-likeness (QED) is 0.848. The number of nitrogens with zero attached hydrogens (tertiary/aromatic N) is 2. The molecule has 0 bridgehead atoms. The molecule has 2 aromatic rings. The minimum absolute atomic E-state index is 0.911. The molecule has 0 fully saturated rings. The Morgan fingerprint density at radius 1 is 1.25 bits per heavy atom. The highest BCUT2D eigenvalue weighted by molar-refractivity contribution is 5.44. The Bertz CT molecular complexity index is 442. The largest absolute Gasteiger partial charge is 0.385 e. The Kier molecular flexibility index (Phi) is 3.25. The van der Waals surface area contributed by atoms with Crippen molar-refractivity contribution < 1.29 is 0 Å². The summed E-state index contributed by atoms with van der Waals surface area (Å²) < 4.78 is 2.05. The number of hydrogen-bond acceptors (Lipinski definition) is 2. The van der Waals surface area contributed by atoms with E-state index in [4.69, 9.17) is 0 Å². The maximum absolute atomic E-state index is 4.28. The number of benzene rings is 1. The minimum Gasteiger partial charge on any atom is -0.385 e. The Labute approximate surface area is 96.1 Å². The molecular weight excluding hydrogens is 198 g/mol. The molecule has 0 saturated heterocycles. The molecule has 0 spiro atoms. The third-order valence-electron chi connectivity index (χ3n) is 2.65. The van der Waals surface area contributed by atoms with Crippen LogP contribution in [0.5, 0.6) is 0 Å². The summed E-state index contributed by atoms with van der Waals surface area (Å²) in [7, 11) is 2.02. The van der Waals surface area contributed by atoms with E-state index in [0.717, 1.165) is 18.8 Å². The molecule has 0 aliphatic rings. The van der Waals surface area contributed by atoms with Crippen LogP contribution in [0.2, 0.25) is 0 Å². The van der Waals surface area contributed by atoms with Gasteiger partial charge in [-0.1, -0.05) is 17.7 Å². The van der Waals surface area contributed by atoms with Gasteiger partial charge in [-0.05, 0) is 19.1 Å². The summed E-state index contributed by atoms with van der Waals surface area (Å²) in [6.07, 6.45) is 4.75. The molecule has 2 rings (SSSR count). The van der Waals surface area contributed by atoms with Gasteiger partial charge in [0.1, 0.15) is 5.82 Å². The van der Waals surface area contributed by atoms with E-state index in [2.05, 4.69) is 46.1 Å². The molecule has 1 N–H and O–H groups in total. The van der Waals surface area contributed by atoms with Gasteiger partial charge >= 0.3 is 0 Å². The lowest BCUT2D eigenvalue weighted by Crippen LogP contribution is -2.08. The smallest absolute Gasteiger partial charge is 0.110 e. The van der Waals surface area contributed by atoms with E-state index in [-0.39, 0.29) is 0 Å². The third-order valence-corrected chi connectivity index (χ3v) is 2.65. The number of aromatic nitrogens is 2. The highest BCUT2D eigenvalue weighted by atomic mass is 15.0. The number of hydrogen-bond donors (Lipinski definition) is 1. The van der Waals surface area contributed by atoms with E-state index in [1.54, 1.807) is 0 Å². The molecule has 3 heteroatoms. The summed E-state index contributed by atoms with van der Waals surface area (Å²) >= 11 is 0. The van der Waals surface area contributed by atoms with Crippen LogP contribution in [0.1, 0.15) is 11.4 Å². The molecule has 3 nitrogen and oxygen atoms in total. The molecule has 1 aromatic carbocycles. The van der Waals surface area contributed by atoms with E-state index in [1.165, 1.54) is 11.3 Å². The number of aryl methyl sites for hydroxylation is 2. The fraction of sp³-hybridized carbons (Fsp3) is 0.308. The van der Waals surface area contributed by atoms with Gasteiger partial charge in [-0.3, -0.25) is 0 Å². The van der Waals surface area contributed by atoms with Gasteiger partial charge in [0.2, 0.25) is 0 Å². The number of anilines is 1. The molecule has 0 aliphatic carbocycles. The summed E-state index contributed by atoms with van der Waals surface area (Å²) in [5, 5.41) is 3.38. The predicted molar refractivity (Wildman–Crippen MR) is 66.6 cm³/mol. The van der Waals surface area contributed by atoms with Crippen LogP contribution >= 0.6 is 0 Å². The van der Waals surface area contributed by atoms with E-state index < -0.39 is 0 Å². The normalized spacial score (nSPS) is 10.4. The number of nitrogens with one attached hydrogen (secondary N) is 1. The second-order valence-electron chi connectivity index (χ2n) is 4.00. The Morgan fingerprint density at radius 2 is 2.00 bits per heavy atom. The molecule has 0 amide bonds. The second kappa shape index (κ2) is 4.84. The predicted octanol–water partition coefficient (Wildman–Crippen LogP) is 2.38. The van der Waals surface area contributed by atoms with Crippen molar-refractivity contribution in [1.29, 1.82) is 0 Å². The van der Waals surface area contributed by atoms with Crippen LogP contribution in [0.15, 0.2) is 36.7 Å². The summed E-state index contributed by atoms with van der Waals surface area (Å²) in [6, 6.07) is 8.44. The highest BCUT2D eigenvalue weighted by Gasteiger charge is 1.98. The van der Waals surface area contributed by atoms with Gasteiger partial charge in [0.25, 0.3) is 0 Å². The van der Waals surface area contributed by atoms with Crippen LogP contribution in [0.3, 0.4) is 0 Å². The second-order valence-corrected chi connectivity index (χ2v) is 4.00. The summed E-state index contributed by atoms with van der Waals surface area (Å²) in [5.41, 5.74) is 2.45. The minimum atomic E-state index is 0.911. The fourth-order valence-corrected chi connectivity index (χ4v) is 1.63. The first-order chi connectivity index (χ1) is 7.75. The first-order valence-electron chi connectivity index (χ1n) is 5.52. The van der Waals surface area contributed by atoms with Crippen molar-refractivity contribution in [2.75, 3.05) is 11.9 Å². The first-order valence-corrected chi connectivity index (χ1v) is 5.52. The van der Waals surface area contributed by atoms with Gasteiger partial charge < -0.3 is 9.88 Å². The monoisotopic (exact) mass is 215 g/mol. The molecule has 0 aliphatic heterocycles. The average molecular weight is 215 g/mol. The van der Waals surface area contributed by atoms with Crippen LogP contribution in [0.4, 0.5) is 5.69 Å². The van der Waals surface area contributed by atoms with Gasteiger partial charge in [0.05, 0.1) is 0 Å². The van der Waals surface area contributed by atoms with Crippen molar-refractivity contribution in [3.05, 3.63) is 48.0 Å². The van der Waals surface area contributed by atoms with E-state index >= 15 is 0 Å². The van der Waals surface area contributed by atoms with Gasteiger partial charge in [0, 0.05) is 38.1 Å². The van der Waals surface area contributed by atoms with Crippen LogP contribution in [0, 0.1) is 6.92 Å². The average Bonchev–Trinajstić information content (AvgIpc) is 2.68. The van der Waals surface area contributed by atoms with Crippen molar-refractivity contribution in [2.45, 2.75) is 13.3 Å². The van der Waals surface area contributed by atoms with Crippen molar-refractivity contribution in [3.8, 4) is 0 Å². The van der Waals surface area contributed by atoms with E-state index in [0.29, 0.717) is 0 Å². The summed E-state index contributed by atoms with van der Waals surface area (Å²) in [6.45, 7) is 3.01. The van der Waals surface area contributed by atoms with Gasteiger partial charge in [-0.25, -0.2) is 4.98 Å². The van der Waals surface area contributed by atoms with Crippen molar-refractivity contribution in [3.63, 3.8) is 0 Å². The van der Waals surface area contributed by atoms with Crippen LogP contribution in [-0.4, -0.2) is 16.1 Å². The van der Waals surface area contributed by atoms with Gasteiger partial charge in [0.15, 0.2) is 0 Å². The molecule has 84 valence electrons. The molecule has 1 aromatic heterocycles. The zero-order chi connectivity index (χ0) is 11.4. The van der Waals surface area contributed by atoms with Gasteiger partial charge in [-0.2, -0.15) is 0 Å². The van der Waals surface area contributed by atoms with E-state index in [1.807, 2.05) is 19.4 Å². The fourth-order valence-electron chi connectivity index (χ4n) is 1.63. The molecule has 0 radical (unpaired) electrons. The van der Waals surface area contributed by atoms with Crippen molar-refractivity contribution >= 4 is 5.69 Å². The van der Waals surface area contributed by atoms with Crippen LogP contribution in [0.25, 0.3) is 0 Å². The SMILES string of the molecule is Cc1ccc(NCCc2nccn2C)cc1. The first kappa shape index (κ1) is 10.7. The Morgan fingerprint density at radius 3 is 2.62 bits per heavy atom. The van der Waals surface area contributed by atoms with Crippen LogP contribution < -0.4 is 5.32 Å². The van der Waals surface area contributed by atoms with Crippen molar-refractivity contribution in [2.24, 2.45) is 7.05 Å². The van der Waals surface area contributed by atoms with Crippen LogP contribution in [-0.2, 0) is 13.5 Å². The molecular formula is C13H17N3. The molecule has 0 unspecified atom stereocenters. The standard InChI is InChI=1S/C13H17N3/c1-11-3-5-12(6-4-11)14-8-7-13-15-9-10-16(13)2/h3-6,9-10,14H,7-8H2,1-2H3. The maximum Gasteiger partial charge on any atom is 0.110 e. The lowest BCUT2D eigenvalue weighted by atomic mass is 10.2. The van der Waals surface area contributed by atoms with Gasteiger partial charge in [-0.15, -0.1) is 0 Å². The maximum atomic E-state index is 4.28.